The quantitative estimate of drug-likeness (QED) is 0.692. The molecule has 0 fully saturated rings. The number of rotatable bonds is 3. The van der Waals surface area contributed by atoms with E-state index < -0.39 is 0 Å². The summed E-state index contributed by atoms with van der Waals surface area (Å²) in [6.07, 6.45) is 2.96. The molecule has 1 aromatic carbocycles. The number of hydrogen-bond acceptors (Lipinski definition) is 3. The molecule has 1 heterocycles. The number of pyridine rings is 1. The highest BCUT2D eigenvalue weighted by Gasteiger charge is 2.04. The topological polar surface area (TPSA) is 63.5 Å². The Hall–Kier alpha value is -2.40. The third-order valence-electron chi connectivity index (χ3n) is 2.60. The zero-order valence-electron chi connectivity index (χ0n) is 10.7. The van der Waals surface area contributed by atoms with E-state index >= 15 is 0 Å². The molecule has 0 saturated carbocycles. The number of hydrogen-bond donors (Lipinski definition) is 1. The maximum atomic E-state index is 11.8. The summed E-state index contributed by atoms with van der Waals surface area (Å²) in [4.78, 5) is 23.0. The average molecular weight is 290 g/mol. The molecular weight excluding hydrogens is 278 g/mol. The van der Waals surface area contributed by atoms with Crippen molar-refractivity contribution in [2.75, 3.05) is 0 Å². The summed E-state index contributed by atoms with van der Waals surface area (Å²) in [6.45, 7) is 0. The number of hydrazone groups is 1. The predicted octanol–water partition coefficient (Wildman–Crippen LogP) is 1.80. The monoisotopic (exact) mass is 289 g/mol. The van der Waals surface area contributed by atoms with E-state index in [9.17, 15) is 9.59 Å². The molecule has 1 N–H and O–H groups in total. The molecule has 5 nitrogen and oxygen atoms in total. The van der Waals surface area contributed by atoms with E-state index in [1.54, 1.807) is 31.3 Å². The number of benzene rings is 1. The predicted molar refractivity (Wildman–Crippen MR) is 78.2 cm³/mol. The minimum absolute atomic E-state index is 0.175. The molecule has 1 aromatic heterocycles. The minimum Gasteiger partial charge on any atom is -0.318 e. The third kappa shape index (κ3) is 3.55. The van der Waals surface area contributed by atoms with E-state index in [-0.39, 0.29) is 11.5 Å². The molecule has 0 atom stereocenters. The molecule has 0 radical (unpaired) electrons. The molecule has 6 heteroatoms. The van der Waals surface area contributed by atoms with Gasteiger partial charge in [-0.2, -0.15) is 5.10 Å². The molecule has 2 aromatic rings. The van der Waals surface area contributed by atoms with Crippen LogP contribution >= 0.6 is 11.6 Å². The number of nitrogens with zero attached hydrogens (tertiary/aromatic N) is 2. The van der Waals surface area contributed by atoms with Gasteiger partial charge in [-0.05, 0) is 23.8 Å². The Morgan fingerprint density at radius 3 is 2.60 bits per heavy atom. The number of carbonyl (C=O) groups is 1. The molecule has 1 amide bonds. The lowest BCUT2D eigenvalue weighted by molar-refractivity contribution is 0.0954. The van der Waals surface area contributed by atoms with Gasteiger partial charge in [0.25, 0.3) is 5.91 Å². The summed E-state index contributed by atoms with van der Waals surface area (Å²) in [5.41, 5.74) is 3.39. The van der Waals surface area contributed by atoms with E-state index in [1.807, 2.05) is 0 Å². The summed E-state index contributed by atoms with van der Waals surface area (Å²) in [5, 5.41) is 4.48. The van der Waals surface area contributed by atoms with Crippen molar-refractivity contribution in [1.82, 2.24) is 9.99 Å². The van der Waals surface area contributed by atoms with Gasteiger partial charge >= 0.3 is 0 Å². The highest BCUT2D eigenvalue weighted by atomic mass is 35.5. The van der Waals surface area contributed by atoms with Crippen LogP contribution in [0.15, 0.2) is 52.5 Å². The molecular formula is C14H12ClN3O2. The Bertz CT molecular complexity index is 705. The maximum absolute atomic E-state index is 11.8. The molecule has 2 rings (SSSR count). The molecule has 0 aliphatic rings. The zero-order valence-corrected chi connectivity index (χ0v) is 11.5. The van der Waals surface area contributed by atoms with Gasteiger partial charge in [0, 0.05) is 24.3 Å². The van der Waals surface area contributed by atoms with Crippen molar-refractivity contribution in [3.8, 4) is 0 Å². The van der Waals surface area contributed by atoms with Crippen LogP contribution in [0.4, 0.5) is 0 Å². The zero-order chi connectivity index (χ0) is 14.5. The lowest BCUT2D eigenvalue weighted by atomic mass is 10.2. The molecule has 0 spiro atoms. The first-order valence-corrected chi connectivity index (χ1v) is 6.20. The van der Waals surface area contributed by atoms with Gasteiger partial charge in [0.15, 0.2) is 0 Å². The van der Waals surface area contributed by atoms with Crippen molar-refractivity contribution in [2.45, 2.75) is 0 Å². The van der Waals surface area contributed by atoms with Crippen LogP contribution < -0.4 is 11.0 Å². The van der Waals surface area contributed by atoms with Crippen molar-refractivity contribution in [1.29, 1.82) is 0 Å². The molecule has 0 aliphatic carbocycles. The van der Waals surface area contributed by atoms with Crippen molar-refractivity contribution < 1.29 is 4.79 Å². The fraction of sp³-hybridized carbons (Fsp3) is 0.0714. The first kappa shape index (κ1) is 14.0. The molecule has 20 heavy (non-hydrogen) atoms. The molecule has 0 saturated heterocycles. The average Bonchev–Trinajstić information content (AvgIpc) is 2.44. The Kier molecular flexibility index (Phi) is 4.32. The summed E-state index contributed by atoms with van der Waals surface area (Å²) >= 11 is 5.76. The molecule has 0 unspecified atom stereocenters. The van der Waals surface area contributed by atoms with Gasteiger partial charge < -0.3 is 4.57 Å². The second kappa shape index (κ2) is 6.16. The second-order valence-electron chi connectivity index (χ2n) is 4.12. The van der Waals surface area contributed by atoms with Crippen LogP contribution in [0.2, 0.25) is 5.02 Å². The van der Waals surface area contributed by atoms with Crippen LogP contribution in [0.25, 0.3) is 0 Å². The first-order valence-electron chi connectivity index (χ1n) is 5.82. The number of amides is 1. The number of nitrogens with one attached hydrogen (secondary N) is 1. The van der Waals surface area contributed by atoms with Crippen molar-refractivity contribution in [3.05, 3.63) is 69.1 Å². The standard InChI is InChI=1S/C14H12ClN3O2/c1-18-9-11(4-7-13(18)19)14(20)17-16-8-10-2-5-12(15)6-3-10/h2-9H,1H3,(H,17,20)/b16-8+. The van der Waals surface area contributed by atoms with Crippen LogP contribution in [0.1, 0.15) is 15.9 Å². The van der Waals surface area contributed by atoms with E-state index in [2.05, 4.69) is 10.5 Å². The SMILES string of the molecule is Cn1cc(C(=O)N/N=C/c2ccc(Cl)cc2)ccc1=O. The largest absolute Gasteiger partial charge is 0.318 e. The van der Waals surface area contributed by atoms with Crippen LogP contribution in [-0.4, -0.2) is 16.7 Å². The third-order valence-corrected chi connectivity index (χ3v) is 2.85. The van der Waals surface area contributed by atoms with E-state index in [4.69, 9.17) is 11.6 Å². The summed E-state index contributed by atoms with van der Waals surface area (Å²) in [5.74, 6) is -0.384. The normalized spacial score (nSPS) is 10.7. The van der Waals surface area contributed by atoms with E-state index in [0.717, 1.165) is 5.56 Å². The molecule has 0 aliphatic heterocycles. The minimum atomic E-state index is -0.384. The molecule has 0 bridgehead atoms. The van der Waals surface area contributed by atoms with Gasteiger partial charge in [-0.1, -0.05) is 23.7 Å². The van der Waals surface area contributed by atoms with Crippen molar-refractivity contribution >= 4 is 23.7 Å². The van der Waals surface area contributed by atoms with Gasteiger partial charge in [0.2, 0.25) is 5.56 Å². The van der Waals surface area contributed by atoms with Gasteiger partial charge in [-0.25, -0.2) is 5.43 Å². The van der Waals surface area contributed by atoms with Crippen LogP contribution in [-0.2, 0) is 7.05 Å². The Morgan fingerprint density at radius 2 is 1.95 bits per heavy atom. The number of carbonyl (C=O) groups excluding carboxylic acids is 1. The fourth-order valence-electron chi connectivity index (χ4n) is 1.51. The molecule has 102 valence electrons. The van der Waals surface area contributed by atoms with Gasteiger partial charge in [0.1, 0.15) is 0 Å². The second-order valence-corrected chi connectivity index (χ2v) is 4.55. The Balaban J connectivity index is 2.03. The summed E-state index contributed by atoms with van der Waals surface area (Å²) in [6, 6.07) is 9.82. The fourth-order valence-corrected chi connectivity index (χ4v) is 1.63. The number of halogens is 1. The van der Waals surface area contributed by atoms with Gasteiger partial charge in [-0.3, -0.25) is 9.59 Å². The maximum Gasteiger partial charge on any atom is 0.272 e. The van der Waals surface area contributed by atoms with Gasteiger partial charge in [-0.15, -0.1) is 0 Å². The van der Waals surface area contributed by atoms with Gasteiger partial charge in [0.05, 0.1) is 11.8 Å². The summed E-state index contributed by atoms with van der Waals surface area (Å²) < 4.78 is 1.33. The lowest BCUT2D eigenvalue weighted by Gasteiger charge is -2.01. The highest BCUT2D eigenvalue weighted by Crippen LogP contribution is 2.07. The summed E-state index contributed by atoms with van der Waals surface area (Å²) in [7, 11) is 1.58. The van der Waals surface area contributed by atoms with Crippen LogP contribution in [0.5, 0.6) is 0 Å². The van der Waals surface area contributed by atoms with Crippen LogP contribution in [0.3, 0.4) is 0 Å². The number of aromatic nitrogens is 1. The van der Waals surface area contributed by atoms with Crippen molar-refractivity contribution in [2.24, 2.45) is 12.1 Å². The van der Waals surface area contributed by atoms with Crippen molar-refractivity contribution in [3.63, 3.8) is 0 Å². The highest BCUT2D eigenvalue weighted by molar-refractivity contribution is 6.30. The van der Waals surface area contributed by atoms with Crippen LogP contribution in [0, 0.1) is 0 Å². The Morgan fingerprint density at radius 1 is 1.25 bits per heavy atom. The number of aryl methyl sites for hydroxylation is 1. The van der Waals surface area contributed by atoms with E-state index in [0.29, 0.717) is 10.6 Å². The first-order chi connectivity index (χ1) is 9.56. The Labute approximate surface area is 120 Å². The lowest BCUT2D eigenvalue weighted by Crippen LogP contribution is -2.22. The smallest absolute Gasteiger partial charge is 0.272 e. The van der Waals surface area contributed by atoms with E-state index in [1.165, 1.54) is 29.1 Å².